The van der Waals surface area contributed by atoms with E-state index in [0.717, 1.165) is 25.7 Å². The first-order valence-corrected chi connectivity index (χ1v) is 8.07. The number of hydrogen-bond donors (Lipinski definition) is 0. The van der Waals surface area contributed by atoms with Gasteiger partial charge in [-0.15, -0.1) is 6.58 Å². The Labute approximate surface area is 119 Å². The molecular weight excluding hydrogens is 236 g/mol. The molecule has 0 saturated carbocycles. The Kier molecular flexibility index (Phi) is 14.6. The zero-order valence-electron chi connectivity index (χ0n) is 12.8. The van der Waals surface area contributed by atoms with E-state index in [0.29, 0.717) is 13.0 Å². The highest BCUT2D eigenvalue weighted by Crippen LogP contribution is 2.08. The van der Waals surface area contributed by atoms with Crippen LogP contribution in [-0.4, -0.2) is 12.6 Å². The first kappa shape index (κ1) is 18.2. The topological polar surface area (TPSA) is 26.3 Å². The first-order chi connectivity index (χ1) is 9.31. The Balaban J connectivity index is 3.12. The molecule has 0 N–H and O–H groups in total. The van der Waals surface area contributed by atoms with Crippen LogP contribution in [0.1, 0.15) is 84.0 Å². The minimum atomic E-state index is -0.0120. The molecule has 0 amide bonds. The van der Waals surface area contributed by atoms with Gasteiger partial charge in [0.1, 0.15) is 0 Å². The number of rotatable bonds is 14. The Morgan fingerprint density at radius 1 is 0.947 bits per heavy atom. The van der Waals surface area contributed by atoms with Gasteiger partial charge in [0.15, 0.2) is 0 Å². The van der Waals surface area contributed by atoms with E-state index in [4.69, 9.17) is 4.74 Å². The molecule has 0 spiro atoms. The summed E-state index contributed by atoms with van der Waals surface area (Å²) in [4.78, 5) is 11.4. The van der Waals surface area contributed by atoms with E-state index in [1.54, 1.807) is 0 Å². The molecule has 0 radical (unpaired) electrons. The third kappa shape index (κ3) is 15.2. The van der Waals surface area contributed by atoms with E-state index in [-0.39, 0.29) is 5.97 Å². The second-order valence-corrected chi connectivity index (χ2v) is 5.23. The molecule has 2 heteroatoms. The van der Waals surface area contributed by atoms with Crippen molar-refractivity contribution >= 4 is 5.97 Å². The lowest BCUT2D eigenvalue weighted by Crippen LogP contribution is -2.05. The Hall–Kier alpha value is -0.790. The van der Waals surface area contributed by atoms with Gasteiger partial charge in [0.25, 0.3) is 0 Å². The molecule has 0 aromatic rings. The number of allylic oxidation sites excluding steroid dienone is 1. The van der Waals surface area contributed by atoms with E-state index >= 15 is 0 Å². The van der Waals surface area contributed by atoms with Crippen LogP contribution < -0.4 is 0 Å². The fraction of sp³-hybridized carbons (Fsp3) is 0.824. The number of carbonyl (C=O) groups excluding carboxylic acids is 1. The predicted molar refractivity (Wildman–Crippen MR) is 82.2 cm³/mol. The lowest BCUT2D eigenvalue weighted by atomic mass is 10.1. The molecule has 0 heterocycles. The third-order valence-corrected chi connectivity index (χ3v) is 3.30. The Morgan fingerprint density at radius 3 is 2.26 bits per heavy atom. The van der Waals surface area contributed by atoms with Crippen molar-refractivity contribution in [3.63, 3.8) is 0 Å². The zero-order valence-corrected chi connectivity index (χ0v) is 12.8. The maximum Gasteiger partial charge on any atom is 0.305 e. The van der Waals surface area contributed by atoms with Crippen LogP contribution >= 0.6 is 0 Å². The minimum absolute atomic E-state index is 0.0120. The van der Waals surface area contributed by atoms with E-state index in [2.05, 4.69) is 13.5 Å². The van der Waals surface area contributed by atoms with Crippen LogP contribution in [0.2, 0.25) is 0 Å². The summed E-state index contributed by atoms with van der Waals surface area (Å²) >= 11 is 0. The van der Waals surface area contributed by atoms with E-state index < -0.39 is 0 Å². The van der Waals surface area contributed by atoms with Crippen molar-refractivity contribution in [2.75, 3.05) is 6.61 Å². The molecular formula is C17H32O2. The Bertz CT molecular complexity index is 211. The molecule has 0 aliphatic rings. The fourth-order valence-electron chi connectivity index (χ4n) is 2.05. The van der Waals surface area contributed by atoms with Crippen LogP contribution in [0.15, 0.2) is 12.7 Å². The number of hydrogen-bond acceptors (Lipinski definition) is 2. The lowest BCUT2D eigenvalue weighted by Gasteiger charge is -2.05. The van der Waals surface area contributed by atoms with Crippen molar-refractivity contribution in [1.29, 1.82) is 0 Å². The summed E-state index contributed by atoms with van der Waals surface area (Å²) in [7, 11) is 0. The molecule has 0 rings (SSSR count). The molecule has 19 heavy (non-hydrogen) atoms. The maximum atomic E-state index is 11.4. The summed E-state index contributed by atoms with van der Waals surface area (Å²) < 4.78 is 5.22. The highest BCUT2D eigenvalue weighted by molar-refractivity contribution is 5.69. The van der Waals surface area contributed by atoms with Crippen LogP contribution in [0, 0.1) is 0 Å². The zero-order chi connectivity index (χ0) is 14.2. The summed E-state index contributed by atoms with van der Waals surface area (Å²) in [5.74, 6) is -0.0120. The number of unbranched alkanes of at least 4 members (excludes halogenated alkanes) is 9. The molecule has 0 saturated heterocycles. The maximum absolute atomic E-state index is 11.4. The minimum Gasteiger partial charge on any atom is -0.466 e. The number of carbonyl (C=O) groups is 1. The molecule has 112 valence electrons. The summed E-state index contributed by atoms with van der Waals surface area (Å²) in [5, 5.41) is 0. The summed E-state index contributed by atoms with van der Waals surface area (Å²) in [5.41, 5.74) is 0. The molecule has 0 aliphatic carbocycles. The largest absolute Gasteiger partial charge is 0.466 e. The number of ether oxygens (including phenoxy) is 1. The van der Waals surface area contributed by atoms with Crippen molar-refractivity contribution in [2.45, 2.75) is 84.0 Å². The van der Waals surface area contributed by atoms with Crippen molar-refractivity contribution in [3.8, 4) is 0 Å². The molecule has 0 bridgehead atoms. The van der Waals surface area contributed by atoms with Crippen LogP contribution in [0.4, 0.5) is 0 Å². The van der Waals surface area contributed by atoms with Crippen LogP contribution in [0.5, 0.6) is 0 Å². The molecule has 0 unspecified atom stereocenters. The van der Waals surface area contributed by atoms with Gasteiger partial charge in [-0.25, -0.2) is 0 Å². The van der Waals surface area contributed by atoms with Crippen molar-refractivity contribution in [1.82, 2.24) is 0 Å². The molecule has 0 atom stereocenters. The Morgan fingerprint density at radius 2 is 1.58 bits per heavy atom. The first-order valence-electron chi connectivity index (χ1n) is 8.07. The summed E-state index contributed by atoms with van der Waals surface area (Å²) in [6.45, 7) is 6.51. The molecule has 0 fully saturated rings. The molecule has 0 aromatic carbocycles. The van der Waals surface area contributed by atoms with Gasteiger partial charge in [-0.2, -0.15) is 0 Å². The van der Waals surface area contributed by atoms with Gasteiger partial charge >= 0.3 is 5.97 Å². The SMILES string of the molecule is C=CCCCCCCCCOC(=O)CCCCCC. The highest BCUT2D eigenvalue weighted by atomic mass is 16.5. The van der Waals surface area contributed by atoms with Crippen molar-refractivity contribution in [2.24, 2.45) is 0 Å². The van der Waals surface area contributed by atoms with Gasteiger partial charge in [-0.1, -0.05) is 57.9 Å². The third-order valence-electron chi connectivity index (χ3n) is 3.30. The monoisotopic (exact) mass is 268 g/mol. The van der Waals surface area contributed by atoms with Crippen LogP contribution in [-0.2, 0) is 9.53 Å². The second-order valence-electron chi connectivity index (χ2n) is 5.23. The quantitative estimate of drug-likeness (QED) is 0.239. The standard InChI is InChI=1S/C17H32O2/c1-3-5-7-9-10-11-12-14-16-19-17(18)15-13-8-6-4-2/h3H,1,4-16H2,2H3. The van der Waals surface area contributed by atoms with Gasteiger partial charge in [0.2, 0.25) is 0 Å². The predicted octanol–water partition coefficient (Wildman–Crippen LogP) is 5.42. The highest BCUT2D eigenvalue weighted by Gasteiger charge is 2.01. The average molecular weight is 268 g/mol. The van der Waals surface area contributed by atoms with E-state index in [1.165, 1.54) is 44.9 Å². The molecule has 0 aromatic heterocycles. The van der Waals surface area contributed by atoms with Gasteiger partial charge in [0, 0.05) is 6.42 Å². The lowest BCUT2D eigenvalue weighted by molar-refractivity contribution is -0.143. The number of esters is 1. The molecule has 2 nitrogen and oxygen atoms in total. The van der Waals surface area contributed by atoms with E-state index in [9.17, 15) is 4.79 Å². The van der Waals surface area contributed by atoms with Crippen LogP contribution in [0.3, 0.4) is 0 Å². The van der Waals surface area contributed by atoms with Gasteiger partial charge in [0.05, 0.1) is 6.61 Å². The van der Waals surface area contributed by atoms with Crippen LogP contribution in [0.25, 0.3) is 0 Å². The van der Waals surface area contributed by atoms with Crippen molar-refractivity contribution < 1.29 is 9.53 Å². The van der Waals surface area contributed by atoms with Crippen molar-refractivity contribution in [3.05, 3.63) is 12.7 Å². The smallest absolute Gasteiger partial charge is 0.305 e. The average Bonchev–Trinajstić information content (AvgIpc) is 2.42. The van der Waals surface area contributed by atoms with Gasteiger partial charge < -0.3 is 4.74 Å². The van der Waals surface area contributed by atoms with Gasteiger partial charge in [-0.3, -0.25) is 4.79 Å². The second kappa shape index (κ2) is 15.3. The fourth-order valence-corrected chi connectivity index (χ4v) is 2.05. The van der Waals surface area contributed by atoms with E-state index in [1.807, 2.05) is 6.08 Å². The van der Waals surface area contributed by atoms with Gasteiger partial charge in [-0.05, 0) is 25.7 Å². The summed E-state index contributed by atoms with van der Waals surface area (Å²) in [6, 6.07) is 0. The summed E-state index contributed by atoms with van der Waals surface area (Å²) in [6.07, 6.45) is 15.6. The molecule has 0 aliphatic heterocycles. The normalized spacial score (nSPS) is 10.4.